The number of benzene rings is 2. The van der Waals surface area contributed by atoms with Gasteiger partial charge >= 0.3 is 0 Å². The molecule has 2 aromatic rings. The molecule has 1 fully saturated rings. The van der Waals surface area contributed by atoms with E-state index >= 15 is 0 Å². The lowest BCUT2D eigenvalue weighted by Gasteiger charge is -2.16. The second-order valence-corrected chi connectivity index (χ2v) is 5.80. The molecular formula is C18H20N2O2. The van der Waals surface area contributed by atoms with Crippen LogP contribution in [0.15, 0.2) is 41.5 Å². The highest BCUT2D eigenvalue weighted by atomic mass is 16.3. The van der Waals surface area contributed by atoms with Gasteiger partial charge in [0.15, 0.2) is 0 Å². The van der Waals surface area contributed by atoms with Crippen LogP contribution < -0.4 is 5.43 Å². The van der Waals surface area contributed by atoms with Crippen LogP contribution in [-0.2, 0) is 0 Å². The van der Waals surface area contributed by atoms with E-state index in [0.717, 1.165) is 18.2 Å². The van der Waals surface area contributed by atoms with Gasteiger partial charge in [0.05, 0.1) is 5.56 Å². The number of hydrogen-bond acceptors (Lipinski definition) is 3. The van der Waals surface area contributed by atoms with E-state index in [1.165, 1.54) is 19.3 Å². The van der Waals surface area contributed by atoms with Crippen molar-refractivity contribution in [1.29, 1.82) is 0 Å². The highest BCUT2D eigenvalue weighted by Crippen LogP contribution is 2.28. The molecule has 0 radical (unpaired) electrons. The molecule has 0 heterocycles. The van der Waals surface area contributed by atoms with Gasteiger partial charge in [0.25, 0.3) is 5.91 Å². The number of phenols is 1. The van der Waals surface area contributed by atoms with E-state index in [1.807, 2.05) is 30.5 Å². The summed E-state index contributed by atoms with van der Waals surface area (Å²) in [5.41, 5.74) is 2.77. The van der Waals surface area contributed by atoms with Gasteiger partial charge < -0.3 is 5.11 Å². The van der Waals surface area contributed by atoms with Crippen LogP contribution in [0.3, 0.4) is 0 Å². The molecule has 1 saturated carbocycles. The average molecular weight is 296 g/mol. The third-order valence-electron chi connectivity index (χ3n) is 4.25. The van der Waals surface area contributed by atoms with Crippen molar-refractivity contribution in [1.82, 2.24) is 5.43 Å². The maximum atomic E-state index is 12.2. The number of nitrogens with one attached hydrogen (secondary N) is 1. The monoisotopic (exact) mass is 296 g/mol. The maximum absolute atomic E-state index is 12.2. The first kappa shape index (κ1) is 14.6. The fraction of sp³-hybridized carbons (Fsp3) is 0.333. The van der Waals surface area contributed by atoms with Gasteiger partial charge in [-0.05, 0) is 30.2 Å². The molecule has 2 N–H and O–H groups in total. The van der Waals surface area contributed by atoms with Crippen molar-refractivity contribution in [2.45, 2.75) is 32.1 Å². The number of hydrogen-bond donors (Lipinski definition) is 2. The fourth-order valence-corrected chi connectivity index (χ4v) is 2.98. The van der Waals surface area contributed by atoms with Crippen LogP contribution in [-0.4, -0.2) is 17.2 Å². The zero-order valence-corrected chi connectivity index (χ0v) is 12.5. The van der Waals surface area contributed by atoms with E-state index in [1.54, 1.807) is 12.1 Å². The minimum absolute atomic E-state index is 0.00321. The summed E-state index contributed by atoms with van der Waals surface area (Å²) in [6, 6.07) is 10.9. The summed E-state index contributed by atoms with van der Waals surface area (Å²) in [4.78, 5) is 12.2. The molecule has 0 saturated heterocycles. The van der Waals surface area contributed by atoms with Crippen LogP contribution in [0.2, 0.25) is 0 Å². The van der Waals surface area contributed by atoms with Crippen LogP contribution in [0.5, 0.6) is 5.75 Å². The Balaban J connectivity index is 1.72. The summed E-state index contributed by atoms with van der Waals surface area (Å²) >= 11 is 0. The molecule has 4 heteroatoms. The molecule has 0 spiro atoms. The molecule has 0 aromatic heterocycles. The molecule has 0 bridgehead atoms. The normalized spacial score (nSPS) is 16.2. The predicted octanol–water partition coefficient (Wildman–Crippen LogP) is 3.84. The summed E-state index contributed by atoms with van der Waals surface area (Å²) < 4.78 is 0. The largest absolute Gasteiger partial charge is 0.506 e. The van der Waals surface area contributed by atoms with Crippen LogP contribution in [0.4, 0.5) is 0 Å². The van der Waals surface area contributed by atoms with Crippen molar-refractivity contribution in [3.63, 3.8) is 0 Å². The first-order valence-electron chi connectivity index (χ1n) is 7.80. The summed E-state index contributed by atoms with van der Waals surface area (Å²) in [6.45, 7) is 0. The second-order valence-electron chi connectivity index (χ2n) is 5.80. The molecule has 0 unspecified atom stereocenters. The lowest BCUT2D eigenvalue weighted by molar-refractivity contribution is 0.0952. The quantitative estimate of drug-likeness (QED) is 0.667. The predicted molar refractivity (Wildman–Crippen MR) is 88.1 cm³/mol. The number of carbonyl (C=O) groups is 1. The Morgan fingerprint density at radius 1 is 1.14 bits per heavy atom. The van der Waals surface area contributed by atoms with Crippen molar-refractivity contribution < 1.29 is 9.90 Å². The Morgan fingerprint density at radius 2 is 1.91 bits per heavy atom. The molecule has 1 aliphatic rings. The van der Waals surface area contributed by atoms with Crippen LogP contribution in [0.25, 0.3) is 10.8 Å². The SMILES string of the molecule is O=C(N/N=C\C1CCCCC1)c1ccc2ccccc2c1O. The van der Waals surface area contributed by atoms with Gasteiger partial charge in [0, 0.05) is 11.6 Å². The third kappa shape index (κ3) is 3.11. The van der Waals surface area contributed by atoms with Crippen LogP contribution in [0, 0.1) is 5.92 Å². The molecule has 114 valence electrons. The average Bonchev–Trinajstić information content (AvgIpc) is 2.56. The Labute approximate surface area is 129 Å². The summed E-state index contributed by atoms with van der Waals surface area (Å²) in [6.07, 6.45) is 7.87. The first-order valence-corrected chi connectivity index (χ1v) is 7.80. The highest BCUT2D eigenvalue weighted by molar-refractivity contribution is 6.03. The topological polar surface area (TPSA) is 61.7 Å². The van der Waals surface area contributed by atoms with Gasteiger partial charge in [0.1, 0.15) is 5.75 Å². The molecule has 3 rings (SSSR count). The van der Waals surface area contributed by atoms with Gasteiger partial charge in [0.2, 0.25) is 0 Å². The number of amides is 1. The fourth-order valence-electron chi connectivity index (χ4n) is 2.98. The molecule has 2 aromatic carbocycles. The minimum Gasteiger partial charge on any atom is -0.506 e. The van der Waals surface area contributed by atoms with Crippen LogP contribution >= 0.6 is 0 Å². The van der Waals surface area contributed by atoms with Crippen LogP contribution in [0.1, 0.15) is 42.5 Å². The van der Waals surface area contributed by atoms with Gasteiger partial charge in [-0.1, -0.05) is 49.6 Å². The Hall–Kier alpha value is -2.36. The lowest BCUT2D eigenvalue weighted by atomic mass is 9.90. The van der Waals surface area contributed by atoms with E-state index < -0.39 is 0 Å². The minimum atomic E-state index is -0.379. The number of aromatic hydroxyl groups is 1. The van der Waals surface area contributed by atoms with Crippen molar-refractivity contribution >= 4 is 22.9 Å². The summed E-state index contributed by atoms with van der Waals surface area (Å²) in [5.74, 6) is 0.0815. The second kappa shape index (κ2) is 6.60. The van der Waals surface area contributed by atoms with Gasteiger partial charge in [-0.25, -0.2) is 5.43 Å². The zero-order chi connectivity index (χ0) is 15.4. The van der Waals surface area contributed by atoms with Crippen molar-refractivity contribution in [3.05, 3.63) is 42.0 Å². The molecule has 0 atom stereocenters. The van der Waals surface area contributed by atoms with Crippen molar-refractivity contribution in [3.8, 4) is 5.75 Å². The highest BCUT2D eigenvalue weighted by Gasteiger charge is 2.14. The van der Waals surface area contributed by atoms with Gasteiger partial charge in [-0.2, -0.15) is 5.10 Å². The standard InChI is InChI=1S/C18H20N2O2/c21-17-15-9-5-4-8-14(15)10-11-16(17)18(22)20-19-12-13-6-2-1-3-7-13/h4-5,8-13,21H,1-3,6-7H2,(H,20,22)/b19-12-. The van der Waals surface area contributed by atoms with Gasteiger partial charge in [-0.3, -0.25) is 4.79 Å². The number of carbonyl (C=O) groups excluding carboxylic acids is 1. The molecule has 1 aliphatic carbocycles. The smallest absolute Gasteiger partial charge is 0.275 e. The Bertz CT molecular complexity index is 703. The van der Waals surface area contributed by atoms with E-state index in [2.05, 4.69) is 10.5 Å². The Kier molecular flexibility index (Phi) is 4.37. The molecule has 0 aliphatic heterocycles. The van der Waals surface area contributed by atoms with E-state index in [4.69, 9.17) is 0 Å². The van der Waals surface area contributed by atoms with E-state index in [9.17, 15) is 9.90 Å². The molecular weight excluding hydrogens is 276 g/mol. The molecule has 22 heavy (non-hydrogen) atoms. The third-order valence-corrected chi connectivity index (χ3v) is 4.25. The van der Waals surface area contributed by atoms with E-state index in [0.29, 0.717) is 11.3 Å². The summed E-state index contributed by atoms with van der Waals surface area (Å²) in [5, 5.41) is 15.9. The molecule has 1 amide bonds. The van der Waals surface area contributed by atoms with Crippen molar-refractivity contribution in [2.24, 2.45) is 11.0 Å². The maximum Gasteiger partial charge on any atom is 0.275 e. The van der Waals surface area contributed by atoms with Gasteiger partial charge in [-0.15, -0.1) is 0 Å². The zero-order valence-electron chi connectivity index (χ0n) is 12.5. The number of fused-ring (bicyclic) bond motifs is 1. The number of rotatable bonds is 3. The summed E-state index contributed by atoms with van der Waals surface area (Å²) in [7, 11) is 0. The number of hydrazone groups is 1. The number of phenolic OH excluding ortho intramolecular Hbond substituents is 1. The first-order chi connectivity index (χ1) is 10.8. The van der Waals surface area contributed by atoms with Crippen molar-refractivity contribution in [2.75, 3.05) is 0 Å². The lowest BCUT2D eigenvalue weighted by Crippen LogP contribution is -2.19. The number of nitrogens with zero attached hydrogens (tertiary/aromatic N) is 1. The van der Waals surface area contributed by atoms with E-state index in [-0.39, 0.29) is 17.2 Å². The molecule has 4 nitrogen and oxygen atoms in total. The Morgan fingerprint density at radius 3 is 2.73 bits per heavy atom.